The highest BCUT2D eigenvalue weighted by molar-refractivity contribution is 8.15. The number of benzene rings is 1. The minimum Gasteiger partial charge on any atom is -0.462 e. The van der Waals surface area contributed by atoms with Crippen molar-refractivity contribution in [3.8, 4) is 0 Å². The summed E-state index contributed by atoms with van der Waals surface area (Å²) >= 11 is 1.21. The highest BCUT2D eigenvalue weighted by Crippen LogP contribution is 2.24. The molecule has 2 N–H and O–H groups in total. The number of hydrogen-bond acceptors (Lipinski definition) is 7. The van der Waals surface area contributed by atoms with E-state index in [0.29, 0.717) is 23.0 Å². The molecule has 1 aliphatic heterocycles. The van der Waals surface area contributed by atoms with Gasteiger partial charge in [-0.1, -0.05) is 11.8 Å². The van der Waals surface area contributed by atoms with Gasteiger partial charge in [-0.3, -0.25) is 9.59 Å². The number of nitrogens with one attached hydrogen (secondary N) is 2. The normalized spacial score (nSPS) is 20.2. The first kappa shape index (κ1) is 20.1. The molecule has 28 heavy (non-hydrogen) atoms. The number of nitrogens with zero attached hydrogens (tertiary/aromatic N) is 2. The van der Waals surface area contributed by atoms with E-state index in [1.165, 1.54) is 11.8 Å². The minimum absolute atomic E-state index is 0.0196. The summed E-state index contributed by atoms with van der Waals surface area (Å²) in [5, 5.41) is 13.6. The Morgan fingerprint density at radius 1 is 1.21 bits per heavy atom. The van der Waals surface area contributed by atoms with E-state index in [0.717, 1.165) is 31.4 Å². The molecule has 0 aromatic heterocycles. The maximum atomic E-state index is 12.2. The third-order valence-electron chi connectivity index (χ3n) is 4.29. The van der Waals surface area contributed by atoms with Crippen molar-refractivity contribution in [1.82, 2.24) is 5.32 Å². The molecule has 1 unspecified atom stereocenters. The van der Waals surface area contributed by atoms with E-state index in [2.05, 4.69) is 20.8 Å². The topological polar surface area (TPSA) is 109 Å². The number of amides is 2. The second kappa shape index (κ2) is 9.50. The van der Waals surface area contributed by atoms with Gasteiger partial charge in [-0.05, 0) is 56.9 Å². The van der Waals surface area contributed by atoms with Crippen LogP contribution in [-0.2, 0) is 14.3 Å². The Hall–Kier alpha value is -2.68. The van der Waals surface area contributed by atoms with Crippen molar-refractivity contribution >= 4 is 46.1 Å². The summed E-state index contributed by atoms with van der Waals surface area (Å²) in [7, 11) is 0. The van der Waals surface area contributed by atoms with Gasteiger partial charge in [-0.2, -0.15) is 5.10 Å². The van der Waals surface area contributed by atoms with Crippen LogP contribution in [0, 0.1) is 0 Å². The van der Waals surface area contributed by atoms with Gasteiger partial charge >= 0.3 is 5.97 Å². The zero-order valence-electron chi connectivity index (χ0n) is 15.6. The van der Waals surface area contributed by atoms with Crippen molar-refractivity contribution in [3.63, 3.8) is 0 Å². The molecule has 1 saturated carbocycles. The predicted octanol–water partition coefficient (Wildman–Crippen LogP) is 2.71. The van der Waals surface area contributed by atoms with Gasteiger partial charge in [-0.25, -0.2) is 4.79 Å². The lowest BCUT2D eigenvalue weighted by atomic mass is 10.2. The van der Waals surface area contributed by atoms with Gasteiger partial charge in [0, 0.05) is 17.8 Å². The fourth-order valence-corrected chi connectivity index (χ4v) is 3.79. The number of rotatable bonds is 6. The number of anilines is 1. The highest BCUT2D eigenvalue weighted by atomic mass is 32.2. The van der Waals surface area contributed by atoms with E-state index < -0.39 is 11.2 Å². The summed E-state index contributed by atoms with van der Waals surface area (Å²) in [5.41, 5.74) is 2.01. The highest BCUT2D eigenvalue weighted by Gasteiger charge is 2.32. The average Bonchev–Trinajstić information content (AvgIpc) is 3.31. The van der Waals surface area contributed by atoms with Gasteiger partial charge in [0.25, 0.3) is 0 Å². The minimum atomic E-state index is -0.540. The molecule has 2 fully saturated rings. The molecule has 8 nitrogen and oxygen atoms in total. The Labute approximate surface area is 167 Å². The Balaban J connectivity index is 1.51. The summed E-state index contributed by atoms with van der Waals surface area (Å²) in [6.45, 7) is 2.04. The maximum Gasteiger partial charge on any atom is 0.338 e. The van der Waals surface area contributed by atoms with Gasteiger partial charge in [0.1, 0.15) is 5.25 Å². The van der Waals surface area contributed by atoms with Gasteiger partial charge in [0.15, 0.2) is 5.17 Å². The average molecular weight is 402 g/mol. The van der Waals surface area contributed by atoms with Crippen LogP contribution in [0.1, 0.15) is 49.4 Å². The Morgan fingerprint density at radius 2 is 1.93 bits per heavy atom. The first-order valence-corrected chi connectivity index (χ1v) is 10.1. The van der Waals surface area contributed by atoms with Crippen molar-refractivity contribution in [3.05, 3.63) is 29.8 Å². The maximum absolute atomic E-state index is 12.2. The van der Waals surface area contributed by atoms with E-state index in [1.54, 1.807) is 31.2 Å². The fourth-order valence-electron chi connectivity index (χ4n) is 2.87. The number of amidine groups is 1. The van der Waals surface area contributed by atoms with Crippen molar-refractivity contribution in [2.45, 2.75) is 44.3 Å². The van der Waals surface area contributed by atoms with Crippen LogP contribution in [0.2, 0.25) is 0 Å². The zero-order chi connectivity index (χ0) is 19.9. The molecule has 2 aliphatic rings. The first-order valence-electron chi connectivity index (χ1n) is 9.23. The molecule has 1 aliphatic carbocycles. The second-order valence-corrected chi connectivity index (χ2v) is 7.62. The van der Waals surface area contributed by atoms with Crippen molar-refractivity contribution in [1.29, 1.82) is 0 Å². The third kappa shape index (κ3) is 5.41. The van der Waals surface area contributed by atoms with Crippen LogP contribution in [-0.4, -0.2) is 40.5 Å². The summed E-state index contributed by atoms with van der Waals surface area (Å²) in [6.07, 6.45) is 4.19. The molecule has 1 heterocycles. The van der Waals surface area contributed by atoms with E-state index in [-0.39, 0.29) is 18.2 Å². The van der Waals surface area contributed by atoms with Crippen LogP contribution in [0.3, 0.4) is 0 Å². The zero-order valence-corrected chi connectivity index (χ0v) is 16.4. The molecular formula is C19H22N4O4S. The number of ether oxygens (including phenoxy) is 1. The quantitative estimate of drug-likeness (QED) is 0.562. The molecule has 3 rings (SSSR count). The lowest BCUT2D eigenvalue weighted by molar-refractivity contribution is -0.122. The van der Waals surface area contributed by atoms with Crippen LogP contribution < -0.4 is 10.6 Å². The van der Waals surface area contributed by atoms with Crippen LogP contribution in [0.4, 0.5) is 5.69 Å². The molecule has 1 aromatic carbocycles. The van der Waals surface area contributed by atoms with Crippen molar-refractivity contribution in [2.24, 2.45) is 10.2 Å². The number of carbonyl (C=O) groups excluding carboxylic acids is 3. The van der Waals surface area contributed by atoms with Crippen LogP contribution in [0.25, 0.3) is 0 Å². The largest absolute Gasteiger partial charge is 0.462 e. The number of hydrogen-bond donors (Lipinski definition) is 2. The summed E-state index contributed by atoms with van der Waals surface area (Å²) in [6, 6.07) is 6.41. The molecule has 1 aromatic rings. The smallest absolute Gasteiger partial charge is 0.338 e. The summed E-state index contributed by atoms with van der Waals surface area (Å²) in [4.78, 5) is 35.9. The molecule has 0 radical (unpaired) electrons. The van der Waals surface area contributed by atoms with E-state index in [1.807, 2.05) is 0 Å². The lowest BCUT2D eigenvalue weighted by Crippen LogP contribution is -2.28. The van der Waals surface area contributed by atoms with Crippen LogP contribution in [0.15, 0.2) is 34.5 Å². The monoisotopic (exact) mass is 402 g/mol. The van der Waals surface area contributed by atoms with Crippen LogP contribution >= 0.6 is 11.8 Å². The predicted molar refractivity (Wildman–Crippen MR) is 109 cm³/mol. The van der Waals surface area contributed by atoms with E-state index >= 15 is 0 Å². The molecular weight excluding hydrogens is 380 g/mol. The fraction of sp³-hybridized carbons (Fsp3) is 0.421. The number of carbonyl (C=O) groups is 3. The molecule has 1 atom stereocenters. The van der Waals surface area contributed by atoms with Gasteiger partial charge < -0.3 is 15.4 Å². The van der Waals surface area contributed by atoms with E-state index in [4.69, 9.17) is 4.74 Å². The Morgan fingerprint density at radius 3 is 2.61 bits per heavy atom. The van der Waals surface area contributed by atoms with Gasteiger partial charge in [-0.15, -0.1) is 5.10 Å². The number of thioether (sulfide) groups is 1. The lowest BCUT2D eigenvalue weighted by Gasteiger charge is -2.08. The van der Waals surface area contributed by atoms with Gasteiger partial charge in [0.2, 0.25) is 11.8 Å². The van der Waals surface area contributed by atoms with Crippen molar-refractivity contribution in [2.75, 3.05) is 11.9 Å². The SMILES string of the molecule is CCOC(=O)c1ccc(NC(=O)CC2SC(=NN=C3CCCC3)NC2=O)cc1. The van der Waals surface area contributed by atoms with E-state index in [9.17, 15) is 14.4 Å². The number of esters is 1. The summed E-state index contributed by atoms with van der Waals surface area (Å²) < 4.78 is 4.92. The molecule has 0 bridgehead atoms. The third-order valence-corrected chi connectivity index (χ3v) is 5.36. The molecule has 2 amide bonds. The standard InChI is InChI=1S/C19H22N4O4S/c1-2-27-18(26)12-7-9-13(10-8-12)20-16(24)11-15-17(25)21-19(28-15)23-22-14-5-3-4-6-14/h7-10,15H,2-6,11H2,1H3,(H,20,24)(H,21,23,25). The Bertz CT molecular complexity index is 812. The first-order chi connectivity index (χ1) is 13.5. The summed E-state index contributed by atoms with van der Waals surface area (Å²) in [5.74, 6) is -0.949. The molecule has 1 saturated heterocycles. The Kier molecular flexibility index (Phi) is 6.80. The van der Waals surface area contributed by atoms with Gasteiger partial charge in [0.05, 0.1) is 12.2 Å². The van der Waals surface area contributed by atoms with Crippen LogP contribution in [0.5, 0.6) is 0 Å². The molecule has 148 valence electrons. The molecule has 0 spiro atoms. The van der Waals surface area contributed by atoms with Crippen molar-refractivity contribution < 1.29 is 19.1 Å². The second-order valence-electron chi connectivity index (χ2n) is 6.42. The molecule has 9 heteroatoms.